The molecule has 1 fully saturated rings. The van der Waals surface area contributed by atoms with Crippen LogP contribution in [0.5, 0.6) is 5.88 Å². The van der Waals surface area contributed by atoms with E-state index >= 15 is 0 Å². The summed E-state index contributed by atoms with van der Waals surface area (Å²) < 4.78 is 0. The molecule has 0 unspecified atom stereocenters. The van der Waals surface area contributed by atoms with Crippen LogP contribution in [0.2, 0.25) is 0 Å². The Kier molecular flexibility index (Phi) is 6.07. The monoisotopic (exact) mass is 375 g/mol. The van der Waals surface area contributed by atoms with Crippen LogP contribution < -0.4 is 0 Å². The van der Waals surface area contributed by atoms with E-state index < -0.39 is 0 Å². The number of likely N-dealkylation sites (tertiary alicyclic amines) is 1. The molecule has 0 aliphatic carbocycles. The number of piperidine rings is 1. The van der Waals surface area contributed by atoms with Gasteiger partial charge in [0.1, 0.15) is 0 Å². The van der Waals surface area contributed by atoms with E-state index in [4.69, 9.17) is 0 Å². The first-order chi connectivity index (χ1) is 13.8. The third kappa shape index (κ3) is 4.63. The van der Waals surface area contributed by atoms with Gasteiger partial charge in [-0.25, -0.2) is 0 Å². The maximum absolute atomic E-state index is 10.1. The van der Waals surface area contributed by atoms with Crippen LogP contribution in [0.4, 0.5) is 5.69 Å². The number of hydrogen-bond acceptors (Lipinski definition) is 3. The Hall–Kier alpha value is -2.59. The molecule has 1 saturated heterocycles. The fraction of sp³-hybridized carbons (Fsp3) is 0.375. The van der Waals surface area contributed by atoms with Crippen molar-refractivity contribution in [1.29, 1.82) is 0 Å². The average molecular weight is 376 g/mol. The van der Waals surface area contributed by atoms with Gasteiger partial charge >= 0.3 is 0 Å². The molecule has 0 radical (unpaired) electrons. The minimum absolute atomic E-state index is 0.162. The highest BCUT2D eigenvalue weighted by atomic mass is 16.3. The van der Waals surface area contributed by atoms with Crippen LogP contribution in [0.15, 0.2) is 53.5 Å². The number of aryl methyl sites for hydroxylation is 1. The first kappa shape index (κ1) is 18.8. The van der Waals surface area contributed by atoms with Gasteiger partial charge in [-0.1, -0.05) is 36.8 Å². The zero-order valence-corrected chi connectivity index (χ0v) is 16.4. The van der Waals surface area contributed by atoms with Crippen LogP contribution in [0, 0.1) is 0 Å². The molecule has 2 heterocycles. The van der Waals surface area contributed by atoms with E-state index in [2.05, 4.69) is 39.1 Å². The normalized spacial score (nSPS) is 15.6. The van der Waals surface area contributed by atoms with E-state index in [1.807, 2.05) is 24.3 Å². The van der Waals surface area contributed by atoms with Crippen molar-refractivity contribution < 1.29 is 5.11 Å². The van der Waals surface area contributed by atoms with E-state index in [0.29, 0.717) is 0 Å². The van der Waals surface area contributed by atoms with Crippen molar-refractivity contribution >= 4 is 22.8 Å². The number of H-pyrrole nitrogens is 1. The molecule has 1 aliphatic heterocycles. The van der Waals surface area contributed by atoms with Crippen molar-refractivity contribution in [3.05, 3.63) is 59.7 Å². The van der Waals surface area contributed by atoms with Crippen LogP contribution in [-0.2, 0) is 6.42 Å². The van der Waals surface area contributed by atoms with Crippen molar-refractivity contribution in [2.45, 2.75) is 38.5 Å². The van der Waals surface area contributed by atoms with Crippen molar-refractivity contribution in [3.63, 3.8) is 0 Å². The molecule has 146 valence electrons. The van der Waals surface area contributed by atoms with Gasteiger partial charge in [-0.3, -0.25) is 4.99 Å². The number of benzene rings is 2. The van der Waals surface area contributed by atoms with E-state index in [-0.39, 0.29) is 5.88 Å². The van der Waals surface area contributed by atoms with Crippen LogP contribution in [0.25, 0.3) is 10.9 Å². The smallest absolute Gasteiger partial charge is 0.198 e. The lowest BCUT2D eigenvalue weighted by atomic mass is 10.1. The zero-order chi connectivity index (χ0) is 19.2. The second kappa shape index (κ2) is 9.07. The molecule has 1 aliphatic rings. The number of para-hydroxylation sites is 1. The predicted molar refractivity (Wildman–Crippen MR) is 117 cm³/mol. The minimum atomic E-state index is 0.162. The fourth-order valence-electron chi connectivity index (χ4n) is 4.02. The molecule has 0 saturated carbocycles. The minimum Gasteiger partial charge on any atom is -0.494 e. The Labute approximate surface area is 166 Å². The third-order valence-electron chi connectivity index (χ3n) is 5.64. The third-order valence-corrected chi connectivity index (χ3v) is 5.64. The standard InChI is InChI=1S/C24H29N3O/c28-24-22(21-9-2-3-10-23(21)26-24)18-25-20-13-11-19(12-14-20)8-4-7-17-27-15-5-1-6-16-27/h2-3,9-14,18,26,28H,1,4-8,15-17H2. The van der Waals surface area contributed by atoms with Gasteiger partial charge in [0.25, 0.3) is 0 Å². The molecule has 0 spiro atoms. The van der Waals surface area contributed by atoms with Gasteiger partial charge in [0.15, 0.2) is 5.88 Å². The highest BCUT2D eigenvalue weighted by Crippen LogP contribution is 2.26. The lowest BCUT2D eigenvalue weighted by Crippen LogP contribution is -2.30. The van der Waals surface area contributed by atoms with Crippen LogP contribution in [0.1, 0.15) is 43.2 Å². The average Bonchev–Trinajstić information content (AvgIpc) is 3.06. The molecule has 4 rings (SSSR count). The van der Waals surface area contributed by atoms with Gasteiger partial charge < -0.3 is 15.0 Å². The molecular weight excluding hydrogens is 346 g/mol. The first-order valence-electron chi connectivity index (χ1n) is 10.4. The van der Waals surface area contributed by atoms with Gasteiger partial charge in [0.05, 0.1) is 11.3 Å². The van der Waals surface area contributed by atoms with E-state index in [1.54, 1.807) is 6.21 Å². The van der Waals surface area contributed by atoms with Crippen molar-refractivity contribution in [3.8, 4) is 5.88 Å². The summed E-state index contributed by atoms with van der Waals surface area (Å²) >= 11 is 0. The fourth-order valence-corrected chi connectivity index (χ4v) is 4.02. The Morgan fingerprint density at radius 2 is 1.75 bits per heavy atom. The summed E-state index contributed by atoms with van der Waals surface area (Å²) in [5.41, 5.74) is 3.92. The lowest BCUT2D eigenvalue weighted by molar-refractivity contribution is 0.225. The molecule has 1 aromatic heterocycles. The maximum Gasteiger partial charge on any atom is 0.198 e. The molecule has 3 aromatic rings. The number of aromatic amines is 1. The first-order valence-corrected chi connectivity index (χ1v) is 10.4. The number of aliphatic imine (C=N–C) groups is 1. The Bertz CT molecular complexity index is 921. The lowest BCUT2D eigenvalue weighted by Gasteiger charge is -2.26. The van der Waals surface area contributed by atoms with Crippen LogP contribution in [0.3, 0.4) is 0 Å². The topological polar surface area (TPSA) is 51.6 Å². The van der Waals surface area contributed by atoms with Crippen LogP contribution >= 0.6 is 0 Å². The molecule has 4 nitrogen and oxygen atoms in total. The Balaban J connectivity index is 1.30. The molecule has 2 N–H and O–H groups in total. The van der Waals surface area contributed by atoms with Crippen molar-refractivity contribution in [1.82, 2.24) is 9.88 Å². The van der Waals surface area contributed by atoms with Gasteiger partial charge in [0, 0.05) is 17.1 Å². The number of aromatic hydroxyl groups is 1. The number of fused-ring (bicyclic) bond motifs is 1. The summed E-state index contributed by atoms with van der Waals surface area (Å²) in [4.78, 5) is 10.1. The summed E-state index contributed by atoms with van der Waals surface area (Å²) in [6.45, 7) is 3.83. The second-order valence-electron chi connectivity index (χ2n) is 7.72. The number of rotatable bonds is 7. The Morgan fingerprint density at radius 3 is 2.57 bits per heavy atom. The molecular formula is C24H29N3O. The maximum atomic E-state index is 10.1. The second-order valence-corrected chi connectivity index (χ2v) is 7.72. The summed E-state index contributed by atoms with van der Waals surface area (Å²) in [5.74, 6) is 0.162. The quantitative estimate of drug-likeness (QED) is 0.427. The van der Waals surface area contributed by atoms with Gasteiger partial charge in [-0.05, 0) is 75.5 Å². The van der Waals surface area contributed by atoms with E-state index in [1.165, 1.54) is 57.3 Å². The summed E-state index contributed by atoms with van der Waals surface area (Å²) in [6.07, 6.45) is 9.53. The molecule has 0 amide bonds. The van der Waals surface area contributed by atoms with Crippen molar-refractivity contribution in [2.75, 3.05) is 19.6 Å². The van der Waals surface area contributed by atoms with Crippen LogP contribution in [-0.4, -0.2) is 40.8 Å². The highest BCUT2D eigenvalue weighted by molar-refractivity contribution is 6.02. The van der Waals surface area contributed by atoms with E-state index in [9.17, 15) is 5.11 Å². The largest absolute Gasteiger partial charge is 0.494 e. The van der Waals surface area contributed by atoms with Gasteiger partial charge in [0.2, 0.25) is 0 Å². The molecule has 2 aromatic carbocycles. The number of nitrogens with zero attached hydrogens (tertiary/aromatic N) is 2. The Morgan fingerprint density at radius 1 is 0.964 bits per heavy atom. The number of hydrogen-bond donors (Lipinski definition) is 2. The zero-order valence-electron chi connectivity index (χ0n) is 16.4. The highest BCUT2D eigenvalue weighted by Gasteiger charge is 2.09. The number of nitrogens with one attached hydrogen (secondary N) is 1. The predicted octanol–water partition coefficient (Wildman–Crippen LogP) is 5.43. The molecule has 4 heteroatoms. The molecule has 28 heavy (non-hydrogen) atoms. The summed E-state index contributed by atoms with van der Waals surface area (Å²) in [7, 11) is 0. The van der Waals surface area contributed by atoms with E-state index in [0.717, 1.165) is 28.6 Å². The van der Waals surface area contributed by atoms with Gasteiger partial charge in [-0.15, -0.1) is 0 Å². The summed E-state index contributed by atoms with van der Waals surface area (Å²) in [5, 5.41) is 11.1. The SMILES string of the molecule is Oc1[nH]c2ccccc2c1C=Nc1ccc(CCCCN2CCCCC2)cc1. The summed E-state index contributed by atoms with van der Waals surface area (Å²) in [6, 6.07) is 16.3. The van der Waals surface area contributed by atoms with Gasteiger partial charge in [-0.2, -0.15) is 0 Å². The molecule has 0 bridgehead atoms. The molecule has 0 atom stereocenters. The number of unbranched alkanes of at least 4 members (excludes halogenated alkanes) is 1. The number of aromatic nitrogens is 1. The van der Waals surface area contributed by atoms with Crippen molar-refractivity contribution in [2.24, 2.45) is 4.99 Å².